The molecule has 5 heteroatoms. The quantitative estimate of drug-likeness (QED) is 0.548. The average Bonchev–Trinajstić information content (AvgIpc) is 2.96. The highest BCUT2D eigenvalue weighted by atomic mass is 32.1. The first kappa shape index (κ1) is 17.6. The highest BCUT2D eigenvalue weighted by Crippen LogP contribution is 2.05. The number of aliphatic hydroxyl groups is 1. The number of hydrogen-bond acceptors (Lipinski definition) is 5. The lowest BCUT2D eigenvalue weighted by Crippen LogP contribution is -2.32. The Balaban J connectivity index is 1.84. The van der Waals surface area contributed by atoms with Gasteiger partial charge in [-0.2, -0.15) is 11.3 Å². The molecule has 4 nitrogen and oxygen atoms in total. The first-order valence-corrected chi connectivity index (χ1v) is 8.32. The molecule has 1 aromatic rings. The van der Waals surface area contributed by atoms with Gasteiger partial charge in [-0.25, -0.2) is 0 Å². The maximum absolute atomic E-state index is 9.72. The number of ether oxygens (including phenoxy) is 2. The van der Waals surface area contributed by atoms with Crippen LogP contribution in [-0.4, -0.2) is 50.7 Å². The highest BCUT2D eigenvalue weighted by Gasteiger charge is 2.03. The fourth-order valence-corrected chi connectivity index (χ4v) is 2.38. The third-order valence-corrected chi connectivity index (χ3v) is 3.61. The predicted molar refractivity (Wildman–Crippen MR) is 83.4 cm³/mol. The lowest BCUT2D eigenvalue weighted by atomic mass is 10.2. The van der Waals surface area contributed by atoms with Gasteiger partial charge in [0.05, 0.1) is 25.9 Å². The van der Waals surface area contributed by atoms with Gasteiger partial charge in [0.25, 0.3) is 0 Å². The van der Waals surface area contributed by atoms with Crippen molar-refractivity contribution in [2.24, 2.45) is 0 Å². The summed E-state index contributed by atoms with van der Waals surface area (Å²) in [6.45, 7) is 5.92. The molecular formula is C15H27NO3S. The van der Waals surface area contributed by atoms with Crippen molar-refractivity contribution in [2.75, 3.05) is 39.5 Å². The Morgan fingerprint density at radius 2 is 2.15 bits per heavy atom. The van der Waals surface area contributed by atoms with Crippen LogP contribution in [-0.2, 0) is 15.9 Å². The normalized spacial score (nSPS) is 12.7. The van der Waals surface area contributed by atoms with E-state index in [-0.39, 0.29) is 0 Å². The van der Waals surface area contributed by atoms with Crippen LogP contribution >= 0.6 is 11.3 Å². The van der Waals surface area contributed by atoms with Crippen LogP contribution < -0.4 is 5.32 Å². The zero-order valence-electron chi connectivity index (χ0n) is 12.3. The molecule has 20 heavy (non-hydrogen) atoms. The summed E-state index contributed by atoms with van der Waals surface area (Å²) < 4.78 is 10.7. The molecule has 1 aromatic heterocycles. The van der Waals surface area contributed by atoms with E-state index in [1.807, 2.05) is 0 Å². The van der Waals surface area contributed by atoms with Gasteiger partial charge in [0.1, 0.15) is 0 Å². The molecule has 0 saturated heterocycles. The first-order valence-electron chi connectivity index (χ1n) is 7.38. The lowest BCUT2D eigenvalue weighted by Gasteiger charge is -2.12. The van der Waals surface area contributed by atoms with Crippen molar-refractivity contribution in [3.63, 3.8) is 0 Å². The Hall–Kier alpha value is -0.460. The molecule has 1 unspecified atom stereocenters. The summed E-state index contributed by atoms with van der Waals surface area (Å²) in [5.74, 6) is 0. The molecule has 0 aliphatic heterocycles. The molecule has 1 atom stereocenters. The smallest absolute Gasteiger partial charge is 0.0897 e. The van der Waals surface area contributed by atoms with Crippen LogP contribution in [0.25, 0.3) is 0 Å². The van der Waals surface area contributed by atoms with Gasteiger partial charge in [0.15, 0.2) is 0 Å². The minimum absolute atomic E-state index is 0.364. The van der Waals surface area contributed by atoms with Gasteiger partial charge in [-0.1, -0.05) is 13.3 Å². The van der Waals surface area contributed by atoms with Crippen LogP contribution in [0, 0.1) is 0 Å². The van der Waals surface area contributed by atoms with E-state index in [1.165, 1.54) is 5.56 Å². The Morgan fingerprint density at radius 3 is 2.90 bits per heavy atom. The van der Waals surface area contributed by atoms with Crippen molar-refractivity contribution in [3.05, 3.63) is 22.4 Å². The van der Waals surface area contributed by atoms with E-state index >= 15 is 0 Å². The minimum atomic E-state index is -0.451. The van der Waals surface area contributed by atoms with Crippen molar-refractivity contribution in [1.29, 1.82) is 0 Å². The molecule has 0 spiro atoms. The fourth-order valence-electron chi connectivity index (χ4n) is 1.68. The number of unbranched alkanes of at least 4 members (excludes halogenated alkanes) is 1. The molecule has 0 bridgehead atoms. The zero-order chi connectivity index (χ0) is 14.5. The Morgan fingerprint density at radius 1 is 1.30 bits per heavy atom. The third kappa shape index (κ3) is 9.44. The Bertz CT molecular complexity index is 306. The van der Waals surface area contributed by atoms with E-state index in [4.69, 9.17) is 9.47 Å². The number of nitrogens with one attached hydrogen (secondary N) is 1. The van der Waals surface area contributed by atoms with Gasteiger partial charge >= 0.3 is 0 Å². The van der Waals surface area contributed by atoms with Gasteiger partial charge in [-0.15, -0.1) is 0 Å². The van der Waals surface area contributed by atoms with E-state index in [9.17, 15) is 5.11 Å². The molecule has 1 rings (SSSR count). The minimum Gasteiger partial charge on any atom is -0.389 e. The topological polar surface area (TPSA) is 50.7 Å². The lowest BCUT2D eigenvalue weighted by molar-refractivity contribution is 0.00401. The SMILES string of the molecule is CCCCOCCOCC(O)CNCCc1ccsc1. The van der Waals surface area contributed by atoms with Gasteiger partial charge in [0, 0.05) is 13.2 Å². The third-order valence-electron chi connectivity index (χ3n) is 2.87. The van der Waals surface area contributed by atoms with Crippen LogP contribution in [0.5, 0.6) is 0 Å². The van der Waals surface area contributed by atoms with Crippen molar-refractivity contribution < 1.29 is 14.6 Å². The van der Waals surface area contributed by atoms with Crippen LogP contribution in [0.15, 0.2) is 16.8 Å². The fraction of sp³-hybridized carbons (Fsp3) is 0.733. The Labute approximate surface area is 126 Å². The van der Waals surface area contributed by atoms with Gasteiger partial charge < -0.3 is 19.9 Å². The molecule has 0 saturated carbocycles. The second-order valence-electron chi connectivity index (χ2n) is 4.78. The summed E-state index contributed by atoms with van der Waals surface area (Å²) in [4.78, 5) is 0. The zero-order valence-corrected chi connectivity index (χ0v) is 13.2. The van der Waals surface area contributed by atoms with Gasteiger partial charge in [-0.3, -0.25) is 0 Å². The van der Waals surface area contributed by atoms with Crippen molar-refractivity contribution in [3.8, 4) is 0 Å². The molecule has 1 heterocycles. The van der Waals surface area contributed by atoms with E-state index in [2.05, 4.69) is 29.1 Å². The summed E-state index contributed by atoms with van der Waals surface area (Å²) in [7, 11) is 0. The standard InChI is InChI=1S/C15H27NO3S/c1-2-3-7-18-8-9-19-12-15(17)11-16-6-4-14-5-10-20-13-14/h5,10,13,15-17H,2-4,6-9,11-12H2,1H3. The Kier molecular flexibility index (Phi) is 10.8. The molecule has 0 fully saturated rings. The number of aliphatic hydroxyl groups excluding tert-OH is 1. The van der Waals surface area contributed by atoms with Crippen LogP contribution in [0.2, 0.25) is 0 Å². The number of thiophene rings is 1. The maximum Gasteiger partial charge on any atom is 0.0897 e. The highest BCUT2D eigenvalue weighted by molar-refractivity contribution is 7.07. The predicted octanol–water partition coefficient (Wildman–Crippen LogP) is 2.07. The van der Waals surface area contributed by atoms with E-state index in [1.54, 1.807) is 11.3 Å². The monoisotopic (exact) mass is 301 g/mol. The summed E-state index contributed by atoms with van der Waals surface area (Å²) >= 11 is 1.72. The molecule has 116 valence electrons. The molecule has 0 amide bonds. The van der Waals surface area contributed by atoms with E-state index in [0.717, 1.165) is 32.4 Å². The van der Waals surface area contributed by atoms with Crippen molar-refractivity contribution >= 4 is 11.3 Å². The van der Waals surface area contributed by atoms with Gasteiger partial charge in [-0.05, 0) is 41.8 Å². The summed E-state index contributed by atoms with van der Waals surface area (Å²) in [5, 5.41) is 17.2. The van der Waals surface area contributed by atoms with Crippen LogP contribution in [0.1, 0.15) is 25.3 Å². The largest absolute Gasteiger partial charge is 0.389 e. The average molecular weight is 301 g/mol. The van der Waals surface area contributed by atoms with Crippen molar-refractivity contribution in [1.82, 2.24) is 5.32 Å². The second-order valence-corrected chi connectivity index (χ2v) is 5.56. The maximum atomic E-state index is 9.72. The molecule has 0 radical (unpaired) electrons. The summed E-state index contributed by atoms with van der Waals surface area (Å²) in [6, 6.07) is 2.13. The summed E-state index contributed by atoms with van der Waals surface area (Å²) in [5.41, 5.74) is 1.34. The number of rotatable bonds is 13. The van der Waals surface area contributed by atoms with E-state index in [0.29, 0.717) is 26.4 Å². The van der Waals surface area contributed by atoms with E-state index < -0.39 is 6.10 Å². The molecule has 2 N–H and O–H groups in total. The second kappa shape index (κ2) is 12.3. The van der Waals surface area contributed by atoms with Crippen molar-refractivity contribution in [2.45, 2.75) is 32.3 Å². The summed E-state index contributed by atoms with van der Waals surface area (Å²) in [6.07, 6.45) is 2.79. The van der Waals surface area contributed by atoms with Crippen LogP contribution in [0.4, 0.5) is 0 Å². The number of hydrogen-bond donors (Lipinski definition) is 2. The first-order chi connectivity index (χ1) is 9.83. The molecule has 0 aliphatic rings. The molecule has 0 aliphatic carbocycles. The van der Waals surface area contributed by atoms with Crippen LogP contribution in [0.3, 0.4) is 0 Å². The molecule has 0 aromatic carbocycles. The van der Waals surface area contributed by atoms with Gasteiger partial charge in [0.2, 0.25) is 0 Å². The molecular weight excluding hydrogens is 274 g/mol.